The highest BCUT2D eigenvalue weighted by Gasteiger charge is 2.25. The van der Waals surface area contributed by atoms with Crippen LogP contribution < -0.4 is 5.73 Å². The van der Waals surface area contributed by atoms with Crippen LogP contribution in [0.1, 0.15) is 16.8 Å². The lowest BCUT2D eigenvalue weighted by Crippen LogP contribution is -2.31. The van der Waals surface area contributed by atoms with E-state index in [0.29, 0.717) is 13.1 Å². The largest absolute Gasteiger partial charge is 0.337 e. The van der Waals surface area contributed by atoms with Gasteiger partial charge in [-0.2, -0.15) is 0 Å². The van der Waals surface area contributed by atoms with Crippen LogP contribution in [-0.4, -0.2) is 34.9 Å². The van der Waals surface area contributed by atoms with Crippen molar-refractivity contribution in [2.45, 2.75) is 12.5 Å². The Labute approximate surface area is 121 Å². The van der Waals surface area contributed by atoms with Gasteiger partial charge in [0, 0.05) is 41.9 Å². The highest BCUT2D eigenvalue weighted by atomic mass is 35.5. The number of hydrogen-bond acceptors (Lipinski definition) is 4. The molecule has 0 radical (unpaired) electrons. The molecule has 0 spiro atoms. The van der Waals surface area contributed by atoms with Gasteiger partial charge in [0.15, 0.2) is 0 Å². The minimum atomic E-state index is -0.571. The Morgan fingerprint density at radius 1 is 1.47 bits per heavy atom. The summed E-state index contributed by atoms with van der Waals surface area (Å²) in [4.78, 5) is 23.8. The molecule has 2 rings (SSSR count). The highest BCUT2D eigenvalue weighted by molar-refractivity contribution is 6.31. The minimum absolute atomic E-state index is 0. The van der Waals surface area contributed by atoms with Gasteiger partial charge in [-0.25, -0.2) is 0 Å². The molecule has 1 saturated heterocycles. The molecular formula is C11H13Cl2N3O3. The monoisotopic (exact) mass is 305 g/mol. The number of carbonyl (C=O) groups excluding carboxylic acids is 1. The Kier molecular flexibility index (Phi) is 5.11. The van der Waals surface area contributed by atoms with Gasteiger partial charge in [-0.05, 0) is 12.5 Å². The van der Waals surface area contributed by atoms with E-state index >= 15 is 0 Å². The number of nitrogens with zero attached hydrogens (tertiary/aromatic N) is 2. The van der Waals surface area contributed by atoms with Crippen LogP contribution >= 0.6 is 24.0 Å². The summed E-state index contributed by atoms with van der Waals surface area (Å²) in [5.74, 6) is -0.270. The molecule has 0 saturated carbocycles. The molecule has 8 heteroatoms. The van der Waals surface area contributed by atoms with E-state index in [4.69, 9.17) is 17.3 Å². The van der Waals surface area contributed by atoms with E-state index < -0.39 is 4.92 Å². The molecule has 1 amide bonds. The molecule has 104 valence electrons. The van der Waals surface area contributed by atoms with Gasteiger partial charge < -0.3 is 10.6 Å². The van der Waals surface area contributed by atoms with Gasteiger partial charge >= 0.3 is 0 Å². The first-order valence-corrected chi connectivity index (χ1v) is 5.85. The predicted molar refractivity (Wildman–Crippen MR) is 73.9 cm³/mol. The van der Waals surface area contributed by atoms with Crippen molar-refractivity contribution in [3.63, 3.8) is 0 Å². The van der Waals surface area contributed by atoms with E-state index in [1.165, 1.54) is 18.2 Å². The number of nitrogens with two attached hydrogens (primary N) is 1. The fourth-order valence-corrected chi connectivity index (χ4v) is 2.19. The fourth-order valence-electron chi connectivity index (χ4n) is 1.96. The number of nitro benzene ring substituents is 1. The molecule has 0 unspecified atom stereocenters. The van der Waals surface area contributed by atoms with Crippen LogP contribution in [0, 0.1) is 10.1 Å². The maximum atomic E-state index is 12.1. The second kappa shape index (κ2) is 6.18. The molecule has 1 aromatic carbocycles. The van der Waals surface area contributed by atoms with Crippen molar-refractivity contribution in [1.82, 2.24) is 4.90 Å². The zero-order valence-electron chi connectivity index (χ0n) is 9.91. The Morgan fingerprint density at radius 3 is 2.68 bits per heavy atom. The summed E-state index contributed by atoms with van der Waals surface area (Å²) in [6, 6.07) is 3.86. The van der Waals surface area contributed by atoms with Crippen molar-refractivity contribution in [3.05, 3.63) is 38.9 Å². The molecular weight excluding hydrogens is 293 g/mol. The van der Waals surface area contributed by atoms with E-state index in [-0.39, 0.29) is 40.6 Å². The zero-order chi connectivity index (χ0) is 13.3. The lowest BCUT2D eigenvalue weighted by molar-refractivity contribution is -0.384. The molecule has 1 fully saturated rings. The lowest BCUT2D eigenvalue weighted by Gasteiger charge is -2.15. The highest BCUT2D eigenvalue weighted by Crippen LogP contribution is 2.23. The van der Waals surface area contributed by atoms with Crippen molar-refractivity contribution in [1.29, 1.82) is 0 Å². The van der Waals surface area contributed by atoms with Gasteiger partial charge in [-0.3, -0.25) is 14.9 Å². The number of non-ortho nitro benzene ring substituents is 1. The first kappa shape index (κ1) is 15.7. The van der Waals surface area contributed by atoms with Gasteiger partial charge in [0.25, 0.3) is 11.6 Å². The molecule has 0 aromatic heterocycles. The van der Waals surface area contributed by atoms with E-state index in [1.807, 2.05) is 0 Å². The van der Waals surface area contributed by atoms with Crippen LogP contribution in [0.15, 0.2) is 18.2 Å². The second-order valence-electron chi connectivity index (χ2n) is 4.26. The summed E-state index contributed by atoms with van der Waals surface area (Å²) in [7, 11) is 0. The van der Waals surface area contributed by atoms with Crippen LogP contribution in [-0.2, 0) is 0 Å². The molecule has 1 aromatic rings. The molecule has 6 nitrogen and oxygen atoms in total. The number of carbonyl (C=O) groups is 1. The smallest absolute Gasteiger partial charge is 0.271 e. The van der Waals surface area contributed by atoms with E-state index in [2.05, 4.69) is 0 Å². The number of halogens is 2. The van der Waals surface area contributed by atoms with Crippen LogP contribution in [0.4, 0.5) is 5.69 Å². The van der Waals surface area contributed by atoms with Crippen LogP contribution in [0.2, 0.25) is 5.02 Å². The van der Waals surface area contributed by atoms with Crippen molar-refractivity contribution in [2.75, 3.05) is 13.1 Å². The van der Waals surface area contributed by atoms with Gasteiger partial charge in [0.2, 0.25) is 0 Å². The van der Waals surface area contributed by atoms with Crippen molar-refractivity contribution < 1.29 is 9.72 Å². The molecule has 0 aliphatic carbocycles. The minimum Gasteiger partial charge on any atom is -0.337 e. The van der Waals surface area contributed by atoms with Gasteiger partial charge in [-0.15, -0.1) is 12.4 Å². The van der Waals surface area contributed by atoms with Crippen LogP contribution in [0.3, 0.4) is 0 Å². The molecule has 19 heavy (non-hydrogen) atoms. The maximum Gasteiger partial charge on any atom is 0.271 e. The number of hydrogen-bond donors (Lipinski definition) is 1. The Hall–Kier alpha value is -1.37. The summed E-state index contributed by atoms with van der Waals surface area (Å²) >= 11 is 5.77. The van der Waals surface area contributed by atoms with Crippen molar-refractivity contribution >= 4 is 35.6 Å². The van der Waals surface area contributed by atoms with Gasteiger partial charge in [0.1, 0.15) is 0 Å². The van der Waals surface area contributed by atoms with Crippen molar-refractivity contribution in [2.24, 2.45) is 5.73 Å². The quantitative estimate of drug-likeness (QED) is 0.667. The van der Waals surface area contributed by atoms with Crippen LogP contribution in [0.25, 0.3) is 0 Å². The van der Waals surface area contributed by atoms with Gasteiger partial charge in [-0.1, -0.05) is 11.6 Å². The summed E-state index contributed by atoms with van der Waals surface area (Å²) < 4.78 is 0. The first-order chi connectivity index (χ1) is 8.47. The Balaban J connectivity index is 0.00000180. The number of nitro groups is 1. The first-order valence-electron chi connectivity index (χ1n) is 5.47. The predicted octanol–water partition coefficient (Wildman–Crippen LogP) is 1.84. The van der Waals surface area contributed by atoms with Crippen molar-refractivity contribution in [3.8, 4) is 0 Å². The number of amides is 1. The van der Waals surface area contributed by atoms with Crippen LogP contribution in [0.5, 0.6) is 0 Å². The topological polar surface area (TPSA) is 89.5 Å². The normalized spacial score (nSPS) is 18.0. The Morgan fingerprint density at radius 2 is 2.16 bits per heavy atom. The molecule has 1 heterocycles. The molecule has 1 atom stereocenters. The lowest BCUT2D eigenvalue weighted by atomic mass is 10.2. The summed E-state index contributed by atoms with van der Waals surface area (Å²) in [6.07, 6.45) is 0.744. The summed E-state index contributed by atoms with van der Waals surface area (Å²) in [6.45, 7) is 1.04. The molecule has 1 aliphatic rings. The third-order valence-electron chi connectivity index (χ3n) is 2.85. The van der Waals surface area contributed by atoms with Gasteiger partial charge in [0.05, 0.1) is 4.92 Å². The Bertz CT molecular complexity index is 510. The second-order valence-corrected chi connectivity index (χ2v) is 4.69. The fraction of sp³-hybridized carbons (Fsp3) is 0.364. The average molecular weight is 306 g/mol. The molecule has 0 bridgehead atoms. The number of benzene rings is 1. The van der Waals surface area contributed by atoms with E-state index in [0.717, 1.165) is 6.42 Å². The third kappa shape index (κ3) is 3.56. The number of rotatable bonds is 2. The molecule has 1 aliphatic heterocycles. The summed E-state index contributed by atoms with van der Waals surface area (Å²) in [5.41, 5.74) is 5.76. The SMILES string of the molecule is Cl.N[C@H]1CCN(C(=O)c2cc(Cl)cc([N+](=O)[O-])c2)C1. The average Bonchev–Trinajstić information content (AvgIpc) is 2.74. The standard InChI is InChI=1S/C11H12ClN3O3.ClH/c12-8-3-7(4-10(5-8)15(17)18)11(16)14-2-1-9(13)6-14;/h3-5,9H,1-2,6,13H2;1H/t9-;/m0./s1. The third-order valence-corrected chi connectivity index (χ3v) is 3.07. The summed E-state index contributed by atoms with van der Waals surface area (Å²) in [5, 5.41) is 10.9. The zero-order valence-corrected chi connectivity index (χ0v) is 11.5. The molecule has 2 N–H and O–H groups in total. The number of likely N-dealkylation sites (tertiary alicyclic amines) is 1. The van der Waals surface area contributed by atoms with E-state index in [9.17, 15) is 14.9 Å². The van der Waals surface area contributed by atoms with E-state index in [1.54, 1.807) is 4.90 Å². The maximum absolute atomic E-state index is 12.1.